The van der Waals surface area contributed by atoms with Crippen LogP contribution in [0.2, 0.25) is 0 Å². The lowest BCUT2D eigenvalue weighted by Crippen LogP contribution is -2.27. The van der Waals surface area contributed by atoms with E-state index < -0.39 is 0 Å². The number of hydrogen-bond donors (Lipinski definition) is 1. The third-order valence-corrected chi connectivity index (χ3v) is 2.82. The second-order valence-corrected chi connectivity index (χ2v) is 4.47. The summed E-state index contributed by atoms with van der Waals surface area (Å²) in [5.74, 6) is 5.47. The fraction of sp³-hybridized carbons (Fsp3) is 0.250. The fourth-order valence-electron chi connectivity index (χ4n) is 1.80. The minimum absolute atomic E-state index is 0.00304. The summed E-state index contributed by atoms with van der Waals surface area (Å²) in [7, 11) is 1.70. The normalized spacial score (nSPS) is 9.81. The Hall–Kier alpha value is -2.58. The van der Waals surface area contributed by atoms with Crippen molar-refractivity contribution in [2.45, 2.75) is 13.0 Å². The van der Waals surface area contributed by atoms with Gasteiger partial charge >= 0.3 is 0 Å². The second kappa shape index (κ2) is 7.27. The zero-order valence-corrected chi connectivity index (χ0v) is 11.7. The second-order valence-electron chi connectivity index (χ2n) is 4.47. The van der Waals surface area contributed by atoms with Gasteiger partial charge in [0.1, 0.15) is 5.69 Å². The molecule has 0 saturated heterocycles. The zero-order chi connectivity index (χ0) is 15.1. The van der Waals surface area contributed by atoms with E-state index in [0.29, 0.717) is 24.2 Å². The van der Waals surface area contributed by atoms with Gasteiger partial charge in [0, 0.05) is 31.8 Å². The van der Waals surface area contributed by atoms with Crippen LogP contribution in [0.4, 0.5) is 0 Å². The van der Waals surface area contributed by atoms with Gasteiger partial charge in [0.25, 0.3) is 5.91 Å². The SMILES string of the molecule is CN(Cc1ccoc1)C(=O)c1ncccc1C#CCCO. The first-order valence-corrected chi connectivity index (χ1v) is 6.53. The van der Waals surface area contributed by atoms with Gasteiger partial charge in [-0.25, -0.2) is 4.98 Å². The average molecular weight is 284 g/mol. The fourth-order valence-corrected chi connectivity index (χ4v) is 1.80. The standard InChI is InChI=1S/C16H16N2O3/c1-18(11-13-7-10-21-12-13)16(20)15-14(5-2-3-9-19)6-4-8-17-15/h4,6-8,10,12,19H,3,9,11H2,1H3. The molecule has 0 radical (unpaired) electrons. The molecule has 0 unspecified atom stereocenters. The highest BCUT2D eigenvalue weighted by Crippen LogP contribution is 2.10. The van der Waals surface area contributed by atoms with Gasteiger partial charge < -0.3 is 14.4 Å². The van der Waals surface area contributed by atoms with Crippen LogP contribution in [-0.2, 0) is 6.54 Å². The molecule has 2 rings (SSSR count). The van der Waals surface area contributed by atoms with Crippen molar-refractivity contribution in [3.05, 3.63) is 53.7 Å². The van der Waals surface area contributed by atoms with Gasteiger partial charge in [-0.3, -0.25) is 4.79 Å². The highest BCUT2D eigenvalue weighted by molar-refractivity contribution is 5.94. The molecule has 0 aliphatic heterocycles. The van der Waals surface area contributed by atoms with Gasteiger partial charge in [0.15, 0.2) is 0 Å². The summed E-state index contributed by atoms with van der Waals surface area (Å²) in [6.45, 7) is 0.437. The number of hydrogen-bond acceptors (Lipinski definition) is 4. The first-order chi connectivity index (χ1) is 10.2. The summed E-state index contributed by atoms with van der Waals surface area (Å²) in [4.78, 5) is 18.1. The number of nitrogens with zero attached hydrogens (tertiary/aromatic N) is 2. The van der Waals surface area contributed by atoms with Crippen LogP contribution >= 0.6 is 0 Å². The predicted molar refractivity (Wildman–Crippen MR) is 77.3 cm³/mol. The number of carbonyl (C=O) groups excluding carboxylic acids is 1. The van der Waals surface area contributed by atoms with E-state index in [2.05, 4.69) is 16.8 Å². The van der Waals surface area contributed by atoms with Crippen molar-refractivity contribution >= 4 is 5.91 Å². The van der Waals surface area contributed by atoms with E-state index in [-0.39, 0.29) is 12.5 Å². The van der Waals surface area contributed by atoms with Crippen LogP contribution in [0.1, 0.15) is 28.0 Å². The molecule has 2 aromatic rings. The molecule has 0 aromatic carbocycles. The van der Waals surface area contributed by atoms with Gasteiger partial charge in [0.2, 0.25) is 0 Å². The number of aliphatic hydroxyl groups excluding tert-OH is 1. The number of pyridine rings is 1. The van der Waals surface area contributed by atoms with E-state index in [4.69, 9.17) is 9.52 Å². The Balaban J connectivity index is 2.17. The van der Waals surface area contributed by atoms with E-state index >= 15 is 0 Å². The third-order valence-electron chi connectivity index (χ3n) is 2.82. The van der Waals surface area contributed by atoms with Crippen LogP contribution in [-0.4, -0.2) is 34.6 Å². The molecular weight excluding hydrogens is 268 g/mol. The molecule has 2 aromatic heterocycles. The van der Waals surface area contributed by atoms with Gasteiger partial charge in [-0.2, -0.15) is 0 Å². The van der Waals surface area contributed by atoms with Gasteiger partial charge in [0.05, 0.1) is 24.7 Å². The molecule has 0 aliphatic carbocycles. The maximum absolute atomic E-state index is 12.4. The molecule has 0 aliphatic rings. The van der Waals surface area contributed by atoms with Crippen LogP contribution in [0.25, 0.3) is 0 Å². The van der Waals surface area contributed by atoms with Crippen molar-refractivity contribution < 1.29 is 14.3 Å². The highest BCUT2D eigenvalue weighted by Gasteiger charge is 2.16. The lowest BCUT2D eigenvalue weighted by atomic mass is 10.1. The molecule has 0 atom stereocenters. The minimum atomic E-state index is -0.204. The van der Waals surface area contributed by atoms with E-state index in [1.54, 1.807) is 42.8 Å². The lowest BCUT2D eigenvalue weighted by molar-refractivity contribution is 0.0779. The summed E-state index contributed by atoms with van der Waals surface area (Å²) >= 11 is 0. The zero-order valence-electron chi connectivity index (χ0n) is 11.7. The van der Waals surface area contributed by atoms with E-state index in [9.17, 15) is 4.79 Å². The van der Waals surface area contributed by atoms with E-state index in [1.807, 2.05) is 6.07 Å². The van der Waals surface area contributed by atoms with Gasteiger partial charge in [-0.15, -0.1) is 0 Å². The monoisotopic (exact) mass is 284 g/mol. The van der Waals surface area contributed by atoms with E-state index in [1.165, 1.54) is 0 Å². The van der Waals surface area contributed by atoms with Crippen molar-refractivity contribution in [3.8, 4) is 11.8 Å². The number of aliphatic hydroxyl groups is 1. The molecule has 5 heteroatoms. The Morgan fingerprint density at radius 1 is 1.48 bits per heavy atom. The Bertz CT molecular complexity index is 654. The molecule has 2 heterocycles. The number of amides is 1. The van der Waals surface area contributed by atoms with Crippen molar-refractivity contribution in [2.75, 3.05) is 13.7 Å². The average Bonchev–Trinajstić information content (AvgIpc) is 3.00. The molecule has 108 valence electrons. The number of carbonyl (C=O) groups is 1. The molecule has 0 saturated carbocycles. The maximum Gasteiger partial charge on any atom is 0.273 e. The molecule has 0 fully saturated rings. The van der Waals surface area contributed by atoms with Crippen LogP contribution in [0.5, 0.6) is 0 Å². The first kappa shape index (κ1) is 14.8. The minimum Gasteiger partial charge on any atom is -0.472 e. The largest absolute Gasteiger partial charge is 0.472 e. The lowest BCUT2D eigenvalue weighted by Gasteiger charge is -2.16. The predicted octanol–water partition coefficient (Wildman–Crippen LogP) is 1.68. The summed E-state index contributed by atoms with van der Waals surface area (Å²) in [5, 5.41) is 8.75. The molecule has 0 spiro atoms. The summed E-state index contributed by atoms with van der Waals surface area (Å²) in [6.07, 6.45) is 5.11. The van der Waals surface area contributed by atoms with E-state index in [0.717, 1.165) is 5.56 Å². The smallest absolute Gasteiger partial charge is 0.273 e. The van der Waals surface area contributed by atoms with Gasteiger partial charge in [-0.1, -0.05) is 11.8 Å². The van der Waals surface area contributed by atoms with Crippen LogP contribution in [0, 0.1) is 11.8 Å². The summed E-state index contributed by atoms with van der Waals surface area (Å²) in [6, 6.07) is 5.29. The van der Waals surface area contributed by atoms with Crippen molar-refractivity contribution in [3.63, 3.8) is 0 Å². The molecule has 1 amide bonds. The van der Waals surface area contributed by atoms with Crippen LogP contribution < -0.4 is 0 Å². The molecule has 0 bridgehead atoms. The first-order valence-electron chi connectivity index (χ1n) is 6.53. The molecule has 1 N–H and O–H groups in total. The topological polar surface area (TPSA) is 66.6 Å². The Labute approximate surface area is 123 Å². The Morgan fingerprint density at radius 2 is 2.33 bits per heavy atom. The number of rotatable bonds is 4. The van der Waals surface area contributed by atoms with Crippen LogP contribution in [0.15, 0.2) is 41.3 Å². The molecular formula is C16H16N2O3. The number of furan rings is 1. The van der Waals surface area contributed by atoms with Crippen molar-refractivity contribution in [1.82, 2.24) is 9.88 Å². The molecule has 5 nitrogen and oxygen atoms in total. The maximum atomic E-state index is 12.4. The van der Waals surface area contributed by atoms with Crippen molar-refractivity contribution in [1.29, 1.82) is 0 Å². The number of aromatic nitrogens is 1. The summed E-state index contributed by atoms with van der Waals surface area (Å²) in [5.41, 5.74) is 1.79. The summed E-state index contributed by atoms with van der Waals surface area (Å²) < 4.78 is 4.99. The highest BCUT2D eigenvalue weighted by atomic mass is 16.3. The Kier molecular flexibility index (Phi) is 5.13. The Morgan fingerprint density at radius 3 is 3.05 bits per heavy atom. The van der Waals surface area contributed by atoms with Gasteiger partial charge in [-0.05, 0) is 18.2 Å². The quantitative estimate of drug-likeness (QED) is 0.867. The van der Waals surface area contributed by atoms with Crippen molar-refractivity contribution in [2.24, 2.45) is 0 Å². The van der Waals surface area contributed by atoms with Crippen LogP contribution in [0.3, 0.4) is 0 Å². The third kappa shape index (κ3) is 3.94. The molecule has 21 heavy (non-hydrogen) atoms.